The fourth-order valence-corrected chi connectivity index (χ4v) is 1.87. The molecule has 0 bridgehead atoms. The summed E-state index contributed by atoms with van der Waals surface area (Å²) < 4.78 is 2.10. The van der Waals surface area contributed by atoms with Crippen LogP contribution in [0.4, 0.5) is 0 Å². The molecule has 0 aliphatic carbocycles. The van der Waals surface area contributed by atoms with E-state index in [-0.39, 0.29) is 0 Å². The molecule has 0 fully saturated rings. The first kappa shape index (κ1) is 10.9. The molecule has 2 aromatic rings. The van der Waals surface area contributed by atoms with Gasteiger partial charge in [0.25, 0.3) is 0 Å². The summed E-state index contributed by atoms with van der Waals surface area (Å²) in [6.45, 7) is 6.74. The highest BCUT2D eigenvalue weighted by Crippen LogP contribution is 2.19. The van der Waals surface area contributed by atoms with Gasteiger partial charge in [-0.05, 0) is 38.0 Å². The van der Waals surface area contributed by atoms with Crippen molar-refractivity contribution in [3.8, 4) is 5.69 Å². The van der Waals surface area contributed by atoms with Crippen LogP contribution in [0.3, 0.4) is 0 Å². The molecule has 0 atom stereocenters. The van der Waals surface area contributed by atoms with Crippen molar-refractivity contribution >= 4 is 0 Å². The van der Waals surface area contributed by atoms with Gasteiger partial charge in [-0.15, -0.1) is 0 Å². The lowest BCUT2D eigenvalue weighted by molar-refractivity contribution is 0.958. The van der Waals surface area contributed by atoms with Crippen LogP contribution >= 0.6 is 0 Å². The van der Waals surface area contributed by atoms with Gasteiger partial charge in [0.15, 0.2) is 0 Å². The van der Waals surface area contributed by atoms with Crippen molar-refractivity contribution < 1.29 is 0 Å². The minimum Gasteiger partial charge on any atom is -0.325 e. The van der Waals surface area contributed by atoms with Crippen LogP contribution in [0.1, 0.15) is 22.6 Å². The van der Waals surface area contributed by atoms with Crippen LogP contribution in [-0.4, -0.2) is 9.55 Å². The Bertz CT molecular complexity index is 512. The van der Waals surface area contributed by atoms with Gasteiger partial charge >= 0.3 is 0 Å². The average molecular weight is 215 g/mol. The average Bonchev–Trinajstić information content (AvgIpc) is 2.64. The van der Waals surface area contributed by atoms with Crippen LogP contribution in [0.25, 0.3) is 5.69 Å². The molecule has 84 valence electrons. The zero-order chi connectivity index (χ0) is 11.7. The topological polar surface area (TPSA) is 43.8 Å². The predicted octanol–water partition coefficient (Wildman–Crippen LogP) is 2.26. The Labute approximate surface area is 95.9 Å². The standard InChI is InChI=1S/C13H17N3/c1-9-5-4-6-13(10(9)2)16-8-12(7-14)15-11(16)3/h4-6,8H,7,14H2,1-3H3. The maximum absolute atomic E-state index is 5.60. The summed E-state index contributed by atoms with van der Waals surface area (Å²) in [6.07, 6.45) is 2.01. The Balaban J connectivity index is 2.58. The van der Waals surface area contributed by atoms with Crippen molar-refractivity contribution in [2.24, 2.45) is 5.73 Å². The van der Waals surface area contributed by atoms with Gasteiger partial charge in [0.05, 0.1) is 5.69 Å². The highest BCUT2D eigenvalue weighted by atomic mass is 15.1. The minimum atomic E-state index is 0.485. The van der Waals surface area contributed by atoms with E-state index in [1.54, 1.807) is 0 Å². The fraction of sp³-hybridized carbons (Fsp3) is 0.308. The molecule has 2 rings (SSSR count). The molecule has 0 saturated carbocycles. The van der Waals surface area contributed by atoms with E-state index in [1.807, 2.05) is 13.1 Å². The Hall–Kier alpha value is -1.61. The van der Waals surface area contributed by atoms with Crippen LogP contribution in [0.5, 0.6) is 0 Å². The van der Waals surface area contributed by atoms with Crippen LogP contribution in [0.2, 0.25) is 0 Å². The van der Waals surface area contributed by atoms with Gasteiger partial charge in [0.2, 0.25) is 0 Å². The number of nitrogens with two attached hydrogens (primary N) is 1. The molecule has 16 heavy (non-hydrogen) atoms. The number of benzene rings is 1. The maximum Gasteiger partial charge on any atom is 0.110 e. The first-order valence-electron chi connectivity index (χ1n) is 5.45. The number of nitrogens with zero attached hydrogens (tertiary/aromatic N) is 2. The number of aryl methyl sites for hydroxylation is 2. The van der Waals surface area contributed by atoms with Crippen molar-refractivity contribution in [1.82, 2.24) is 9.55 Å². The van der Waals surface area contributed by atoms with Crippen molar-refractivity contribution in [3.63, 3.8) is 0 Å². The van der Waals surface area contributed by atoms with Crippen LogP contribution < -0.4 is 5.73 Å². The lowest BCUT2D eigenvalue weighted by Gasteiger charge is -2.10. The van der Waals surface area contributed by atoms with E-state index in [4.69, 9.17) is 5.73 Å². The van der Waals surface area contributed by atoms with Gasteiger partial charge in [-0.1, -0.05) is 12.1 Å². The van der Waals surface area contributed by atoms with Gasteiger partial charge in [0.1, 0.15) is 5.82 Å². The van der Waals surface area contributed by atoms with Gasteiger partial charge < -0.3 is 10.3 Å². The number of aromatic nitrogens is 2. The highest BCUT2D eigenvalue weighted by molar-refractivity contribution is 5.45. The molecule has 0 saturated heterocycles. The highest BCUT2D eigenvalue weighted by Gasteiger charge is 2.07. The molecule has 0 unspecified atom stereocenters. The lowest BCUT2D eigenvalue weighted by Crippen LogP contribution is -1.99. The van der Waals surface area contributed by atoms with Crippen molar-refractivity contribution in [3.05, 3.63) is 47.0 Å². The smallest absolute Gasteiger partial charge is 0.110 e. The van der Waals surface area contributed by atoms with E-state index in [0.29, 0.717) is 6.54 Å². The molecule has 0 radical (unpaired) electrons. The van der Waals surface area contributed by atoms with Crippen molar-refractivity contribution in [1.29, 1.82) is 0 Å². The second kappa shape index (κ2) is 4.10. The van der Waals surface area contributed by atoms with Crippen LogP contribution in [0.15, 0.2) is 24.4 Å². The summed E-state index contributed by atoms with van der Waals surface area (Å²) in [6, 6.07) is 6.30. The second-order valence-corrected chi connectivity index (χ2v) is 4.07. The summed E-state index contributed by atoms with van der Waals surface area (Å²) in [5.74, 6) is 0.981. The first-order chi connectivity index (χ1) is 7.63. The van der Waals surface area contributed by atoms with E-state index in [2.05, 4.69) is 41.6 Å². The summed E-state index contributed by atoms with van der Waals surface area (Å²) >= 11 is 0. The SMILES string of the molecule is Cc1cccc(-n2cc(CN)nc2C)c1C. The minimum absolute atomic E-state index is 0.485. The zero-order valence-electron chi connectivity index (χ0n) is 9.99. The van der Waals surface area contributed by atoms with E-state index < -0.39 is 0 Å². The Morgan fingerprint density at radius 1 is 1.25 bits per heavy atom. The van der Waals surface area contributed by atoms with Gasteiger partial charge in [-0.3, -0.25) is 0 Å². The number of rotatable bonds is 2. The molecule has 0 spiro atoms. The molecule has 0 aliphatic heterocycles. The lowest BCUT2D eigenvalue weighted by atomic mass is 10.1. The third-order valence-corrected chi connectivity index (χ3v) is 2.98. The molecule has 3 heteroatoms. The Kier molecular flexibility index (Phi) is 2.79. The molecule has 2 N–H and O–H groups in total. The predicted molar refractivity (Wildman–Crippen MR) is 65.7 cm³/mol. The Morgan fingerprint density at radius 2 is 2.00 bits per heavy atom. The molecule has 3 nitrogen and oxygen atoms in total. The quantitative estimate of drug-likeness (QED) is 0.835. The van der Waals surface area contributed by atoms with Crippen LogP contribution in [0, 0.1) is 20.8 Å². The molecule has 0 amide bonds. The van der Waals surface area contributed by atoms with Gasteiger partial charge in [-0.25, -0.2) is 4.98 Å². The van der Waals surface area contributed by atoms with E-state index in [0.717, 1.165) is 11.5 Å². The zero-order valence-corrected chi connectivity index (χ0v) is 9.99. The summed E-state index contributed by atoms with van der Waals surface area (Å²) in [7, 11) is 0. The second-order valence-electron chi connectivity index (χ2n) is 4.07. The van der Waals surface area contributed by atoms with E-state index in [9.17, 15) is 0 Å². The fourth-order valence-electron chi connectivity index (χ4n) is 1.87. The molecule has 1 heterocycles. The molecule has 1 aromatic heterocycles. The molecular formula is C13H17N3. The first-order valence-corrected chi connectivity index (χ1v) is 5.45. The summed E-state index contributed by atoms with van der Waals surface area (Å²) in [5.41, 5.74) is 10.3. The monoisotopic (exact) mass is 215 g/mol. The maximum atomic E-state index is 5.60. The third kappa shape index (κ3) is 1.74. The normalized spacial score (nSPS) is 10.8. The van der Waals surface area contributed by atoms with E-state index in [1.165, 1.54) is 16.8 Å². The van der Waals surface area contributed by atoms with Gasteiger partial charge in [0, 0.05) is 18.4 Å². The van der Waals surface area contributed by atoms with Crippen LogP contribution in [-0.2, 0) is 6.54 Å². The molecular weight excluding hydrogens is 198 g/mol. The van der Waals surface area contributed by atoms with Gasteiger partial charge in [-0.2, -0.15) is 0 Å². The Morgan fingerprint density at radius 3 is 2.62 bits per heavy atom. The van der Waals surface area contributed by atoms with Crippen molar-refractivity contribution in [2.75, 3.05) is 0 Å². The number of hydrogen-bond acceptors (Lipinski definition) is 2. The molecule has 1 aromatic carbocycles. The summed E-state index contributed by atoms with van der Waals surface area (Å²) in [4.78, 5) is 4.41. The number of imidazole rings is 1. The largest absolute Gasteiger partial charge is 0.325 e. The summed E-state index contributed by atoms with van der Waals surface area (Å²) in [5, 5.41) is 0. The van der Waals surface area contributed by atoms with Crippen molar-refractivity contribution in [2.45, 2.75) is 27.3 Å². The number of hydrogen-bond donors (Lipinski definition) is 1. The van der Waals surface area contributed by atoms with E-state index >= 15 is 0 Å². The third-order valence-electron chi connectivity index (χ3n) is 2.98. The molecule has 0 aliphatic rings.